The molecule has 0 aliphatic carbocycles. The Morgan fingerprint density at radius 1 is 0.409 bits per heavy atom. The van der Waals surface area contributed by atoms with E-state index in [0.29, 0.717) is 50.6 Å². The molecule has 0 fully saturated rings. The number of aromatic nitrogens is 12. The predicted molar refractivity (Wildman–Crippen MR) is 419 cm³/mol. The fraction of sp³-hybridized carbons (Fsp3) is 0.128. The number of benzene rings is 4. The topological polar surface area (TPSA) is 195 Å². The Bertz CT molecular complexity index is 5850. The van der Waals surface area contributed by atoms with E-state index >= 15 is 0 Å². The molecule has 2 N–H and O–H groups in total. The Hall–Kier alpha value is -10.5. The summed E-state index contributed by atoms with van der Waals surface area (Å²) in [5.41, 5.74) is 20.6. The van der Waals surface area contributed by atoms with Gasteiger partial charge in [-0.25, -0.2) is 37.5 Å². The molecule has 1 atom stereocenters. The first-order valence-electron chi connectivity index (χ1n) is 33.7. The summed E-state index contributed by atoms with van der Waals surface area (Å²) in [4.78, 5) is 58.9. The molecule has 16 rings (SSSR count). The van der Waals surface area contributed by atoms with E-state index in [1.54, 1.807) is 155 Å². The zero-order valence-corrected chi connectivity index (χ0v) is 67.4. The van der Waals surface area contributed by atoms with Crippen molar-refractivity contribution in [3.63, 3.8) is 0 Å². The van der Waals surface area contributed by atoms with E-state index in [9.17, 15) is 37.4 Å². The number of carbonyl (C=O) groups excluding carboxylic acids is 2. The van der Waals surface area contributed by atoms with Crippen LogP contribution in [0.15, 0.2) is 244 Å². The molecule has 0 saturated carbocycles. The second-order valence-corrected chi connectivity index (χ2v) is 26.0. The van der Waals surface area contributed by atoms with Crippen molar-refractivity contribution in [3.05, 3.63) is 320 Å². The number of fused-ring (bicyclic) bond motifs is 4. The van der Waals surface area contributed by atoms with Gasteiger partial charge in [-0.05, 0) is 216 Å². The Labute approximate surface area is 686 Å². The molecule has 0 aliphatic rings. The number of halogens is 5. The first-order chi connectivity index (χ1) is 50.5. The predicted octanol–water partition coefficient (Wildman–Crippen LogP) is 12.5. The minimum Gasteiger partial charge on any atom is -1.00 e. The Kier molecular flexibility index (Phi) is 28.2. The summed E-state index contributed by atoms with van der Waals surface area (Å²) in [7, 11) is 0. The first-order valence-corrected chi connectivity index (χ1v) is 33.7. The number of Topliss-reactive ketones (excluding diaryl/α,β-unsaturated/α-hetero) is 2. The third-order valence-corrected chi connectivity index (χ3v) is 18.0. The molecule has 12 aromatic heterocycles. The maximum absolute atomic E-state index is 13.7. The molecule has 0 saturated heterocycles. The zero-order valence-electron chi connectivity index (χ0n) is 63.4. The van der Waals surface area contributed by atoms with Crippen LogP contribution in [0, 0.1) is 58.4 Å². The molecule has 0 bridgehead atoms. The largest absolute Gasteiger partial charge is 2.00 e. The number of hydrogen-bond acceptors (Lipinski definition) is 12. The molecule has 16 nitrogen and oxygen atoms in total. The van der Waals surface area contributed by atoms with Crippen molar-refractivity contribution in [2.75, 3.05) is 0 Å². The van der Waals surface area contributed by atoms with Crippen LogP contribution in [-0.2, 0) is 5.60 Å². The Balaban J connectivity index is 0.000000202. The number of carbonyl (C=O) groups is 2. The molecule has 1 unspecified atom stereocenters. The third-order valence-electron chi connectivity index (χ3n) is 18.0. The number of hydrogen-bond donors (Lipinski definition) is 2. The summed E-state index contributed by atoms with van der Waals surface area (Å²) >= 11 is 0. The van der Waals surface area contributed by atoms with Crippen molar-refractivity contribution in [1.29, 1.82) is 0 Å². The molecule has 543 valence electrons. The third kappa shape index (κ3) is 18.2. The second kappa shape index (κ2) is 36.4. The normalized spacial score (nSPS) is 11.1. The van der Waals surface area contributed by atoms with Gasteiger partial charge in [0.05, 0.1) is 65.1 Å². The second-order valence-electron chi connectivity index (χ2n) is 26.0. The standard InChI is InChI=1S/C22H20FN3O.C21H18FN3O.2C21H16FN3O.CH3.B.BrH.Mg.Na.H/c1-14-11-15(6-8-18(14)23)21-17(5-4-10-24-21)16-7-9-20-25-12-19(22(2,3)27)26(20)13-16;3*1-13-10-15(5-7-18(13)22)21-17(4-3-9-23-21)16-6-8-20-24-11-19(14(2)26)25(20)12-16;;;;;;/h4-13,27H,1-3H3;3-12,14,26H,1-2H3;2*3-12H,1-2H3;1H3;;1H;;;/q;;;;-1;;;+2;+1;-1/p-1. The molecule has 110 heavy (non-hydrogen) atoms. The van der Waals surface area contributed by atoms with Gasteiger partial charge < -0.3 is 44.8 Å². The van der Waals surface area contributed by atoms with Crippen molar-refractivity contribution < 1.29 is 85.3 Å². The fourth-order valence-corrected chi connectivity index (χ4v) is 12.5. The van der Waals surface area contributed by atoms with E-state index in [1.807, 2.05) is 131 Å². The summed E-state index contributed by atoms with van der Waals surface area (Å²) in [6.45, 7) is 15.2. The molecule has 0 amide bonds. The van der Waals surface area contributed by atoms with Crippen LogP contribution in [-0.4, -0.2) is 111 Å². The molecule has 0 spiro atoms. The summed E-state index contributed by atoms with van der Waals surface area (Å²) in [5.74, 6) is -1.03. The van der Waals surface area contributed by atoms with Crippen LogP contribution >= 0.6 is 0 Å². The van der Waals surface area contributed by atoms with Crippen LogP contribution in [0.1, 0.15) is 96.8 Å². The zero-order chi connectivity index (χ0) is 74.0. The number of aliphatic hydroxyl groups is 2. The Morgan fingerprint density at radius 3 is 0.964 bits per heavy atom. The number of imidazole rings is 4. The summed E-state index contributed by atoms with van der Waals surface area (Å²) in [6.07, 6.45) is 20.5. The fourth-order valence-electron chi connectivity index (χ4n) is 12.5. The minimum atomic E-state index is -1.01. The SMILES string of the molecule is CC(=O)c1cnc2ccc(-c3cccnc3-c3ccc(F)c(C)c3)cn12.CC(=O)c1cnc2ccc(-c3cccnc3-c3ccc(F)c(C)c3)cn12.Cc1cc(-c2ncccc2-c2ccc3ncc(C(C)(C)O)n3c2)ccc1F.Cc1cc(-c2ncccc2-c2ccc3ncc(C(C)O)n3c2)ccc1F.[B].[Br-].[CH3-].[H-].[Mg+2].[Na+]. The van der Waals surface area contributed by atoms with Gasteiger partial charge in [0.15, 0.2) is 11.6 Å². The van der Waals surface area contributed by atoms with E-state index in [4.69, 9.17) is 0 Å². The van der Waals surface area contributed by atoms with Gasteiger partial charge in [0.25, 0.3) is 0 Å². The summed E-state index contributed by atoms with van der Waals surface area (Å²) < 4.78 is 61.9. The van der Waals surface area contributed by atoms with Crippen molar-refractivity contribution in [2.24, 2.45) is 0 Å². The molecule has 16 aromatic rings. The van der Waals surface area contributed by atoms with Crippen LogP contribution in [0.5, 0.6) is 0 Å². The van der Waals surface area contributed by atoms with Crippen molar-refractivity contribution in [3.8, 4) is 89.5 Å². The van der Waals surface area contributed by atoms with Gasteiger partial charge in [-0.2, -0.15) is 0 Å². The van der Waals surface area contributed by atoms with Crippen LogP contribution in [0.3, 0.4) is 0 Å². The number of ketones is 2. The van der Waals surface area contributed by atoms with Crippen LogP contribution in [0.4, 0.5) is 17.6 Å². The van der Waals surface area contributed by atoms with Gasteiger partial charge in [0.2, 0.25) is 0 Å². The number of aryl methyl sites for hydroxylation is 4. The molecule has 24 heteroatoms. The van der Waals surface area contributed by atoms with Crippen LogP contribution in [0.25, 0.3) is 112 Å². The molecule has 3 radical (unpaired) electrons. The average Bonchev–Trinajstić information content (AvgIpc) is 1.73. The van der Waals surface area contributed by atoms with E-state index in [0.717, 1.165) is 107 Å². The van der Waals surface area contributed by atoms with Gasteiger partial charge in [-0.1, -0.05) is 24.3 Å². The molecule has 4 aromatic carbocycles. The molecule has 0 aliphatic heterocycles. The molecular formula is C86H74BBrF4MgN12NaO4. The van der Waals surface area contributed by atoms with E-state index < -0.39 is 11.7 Å². The van der Waals surface area contributed by atoms with E-state index in [-0.39, 0.29) is 122 Å². The average molecular weight is 1550 g/mol. The number of rotatable bonds is 12. The maximum Gasteiger partial charge on any atom is 2.00 e. The first kappa shape index (κ1) is 85.1. The minimum absolute atomic E-state index is 0. The molecule has 12 heterocycles. The van der Waals surface area contributed by atoms with Crippen molar-refractivity contribution >= 4 is 65.6 Å². The van der Waals surface area contributed by atoms with Gasteiger partial charge >= 0.3 is 52.6 Å². The smallest absolute Gasteiger partial charge is 1.00 e. The van der Waals surface area contributed by atoms with Crippen LogP contribution < -0.4 is 46.5 Å². The van der Waals surface area contributed by atoms with Crippen molar-refractivity contribution in [1.82, 2.24) is 57.5 Å². The number of aliphatic hydroxyl groups excluding tert-OH is 1. The molecular weight excluding hydrogens is 1480 g/mol. The van der Waals surface area contributed by atoms with Gasteiger partial charge in [0.1, 0.15) is 62.8 Å². The summed E-state index contributed by atoms with van der Waals surface area (Å²) in [6, 6.07) is 50.8. The number of nitrogens with zero attached hydrogens (tertiary/aromatic N) is 12. The van der Waals surface area contributed by atoms with Gasteiger partial charge in [-0.15, -0.1) is 0 Å². The van der Waals surface area contributed by atoms with Crippen molar-refractivity contribution in [2.45, 2.75) is 74.0 Å². The van der Waals surface area contributed by atoms with E-state index in [2.05, 4.69) is 39.9 Å². The maximum atomic E-state index is 13.7. The van der Waals surface area contributed by atoms with Crippen LogP contribution in [0.2, 0.25) is 0 Å². The Morgan fingerprint density at radius 2 is 0.673 bits per heavy atom. The van der Waals surface area contributed by atoms with E-state index in [1.165, 1.54) is 38.1 Å². The quantitative estimate of drug-likeness (QED) is 0.0509. The summed E-state index contributed by atoms with van der Waals surface area (Å²) in [5, 5.41) is 20.4. The van der Waals surface area contributed by atoms with Gasteiger partial charge in [-0.3, -0.25) is 38.3 Å². The van der Waals surface area contributed by atoms with Gasteiger partial charge in [0, 0.05) is 139 Å². The number of pyridine rings is 8. The monoisotopic (exact) mass is 1550 g/mol.